The van der Waals surface area contributed by atoms with E-state index < -0.39 is 32.0 Å². The first-order valence-electron chi connectivity index (χ1n) is 10.9. The molecule has 0 bridgehead atoms. The third-order valence-corrected chi connectivity index (χ3v) is 9.91. The molecule has 1 unspecified atom stereocenters. The molecular weight excluding hydrogens is 464 g/mol. The smallest absolute Gasteiger partial charge is 0.243 e. The molecule has 0 radical (unpaired) electrons. The summed E-state index contributed by atoms with van der Waals surface area (Å²) < 4.78 is 54.4. The summed E-state index contributed by atoms with van der Waals surface area (Å²) in [6.45, 7) is 2.50. The van der Waals surface area contributed by atoms with Gasteiger partial charge in [0.2, 0.25) is 26.0 Å². The Morgan fingerprint density at radius 3 is 2.06 bits per heavy atom. The molecule has 2 heterocycles. The summed E-state index contributed by atoms with van der Waals surface area (Å²) in [5.41, 5.74) is 0.418. The monoisotopic (exact) mass is 492 g/mol. The van der Waals surface area contributed by atoms with E-state index in [9.17, 15) is 21.6 Å². The predicted molar refractivity (Wildman–Crippen MR) is 125 cm³/mol. The van der Waals surface area contributed by atoms with E-state index in [1.165, 1.54) is 45.0 Å². The Morgan fingerprint density at radius 2 is 1.42 bits per heavy atom. The number of piperazine rings is 1. The third-order valence-electron chi connectivity index (χ3n) is 6.08. The molecule has 2 aromatic carbocycles. The summed E-state index contributed by atoms with van der Waals surface area (Å²) in [6.07, 6.45) is 1.01. The van der Waals surface area contributed by atoms with Gasteiger partial charge in [0.15, 0.2) is 0 Å². The number of carbonyl (C=O) groups is 1. The van der Waals surface area contributed by atoms with Gasteiger partial charge in [-0.3, -0.25) is 4.79 Å². The van der Waals surface area contributed by atoms with Crippen molar-refractivity contribution in [3.05, 3.63) is 54.6 Å². The summed E-state index contributed by atoms with van der Waals surface area (Å²) in [5.74, 6) is -0.429. The quantitative estimate of drug-likeness (QED) is 0.654. The van der Waals surface area contributed by atoms with E-state index in [4.69, 9.17) is 0 Å². The fraction of sp³-hybridized carbons (Fsp3) is 0.409. The first kappa shape index (κ1) is 23.8. The van der Waals surface area contributed by atoms with Gasteiger partial charge in [0.1, 0.15) is 6.04 Å². The lowest BCUT2D eigenvalue weighted by Gasteiger charge is -2.31. The molecule has 1 N–H and O–H groups in total. The highest BCUT2D eigenvalue weighted by Gasteiger charge is 2.39. The highest BCUT2D eigenvalue weighted by Crippen LogP contribution is 2.27. The zero-order chi connectivity index (χ0) is 23.6. The topological polar surface area (TPSA) is 107 Å². The SMILES string of the molecule is CN1CCN(S(=O)(=O)c2ccc(NC(=O)C3CCCN3S(=O)(=O)c3ccccc3)cc2)CC1. The average Bonchev–Trinajstić information content (AvgIpc) is 3.32. The number of anilines is 1. The number of nitrogens with zero attached hydrogens (tertiary/aromatic N) is 3. The Labute approximate surface area is 195 Å². The Balaban J connectivity index is 1.45. The molecule has 2 saturated heterocycles. The van der Waals surface area contributed by atoms with Crippen LogP contribution < -0.4 is 5.32 Å². The summed E-state index contributed by atoms with van der Waals surface area (Å²) in [5, 5.41) is 2.74. The van der Waals surface area contributed by atoms with Crippen molar-refractivity contribution >= 4 is 31.6 Å². The largest absolute Gasteiger partial charge is 0.325 e. The van der Waals surface area contributed by atoms with E-state index in [0.717, 1.165) is 0 Å². The molecule has 178 valence electrons. The lowest BCUT2D eigenvalue weighted by atomic mass is 10.2. The van der Waals surface area contributed by atoms with Crippen LogP contribution >= 0.6 is 0 Å². The van der Waals surface area contributed by atoms with Crippen LogP contribution in [0.25, 0.3) is 0 Å². The van der Waals surface area contributed by atoms with Gasteiger partial charge in [-0.1, -0.05) is 18.2 Å². The van der Waals surface area contributed by atoms with Crippen molar-refractivity contribution in [2.24, 2.45) is 0 Å². The molecule has 9 nitrogen and oxygen atoms in total. The second-order valence-corrected chi connectivity index (χ2v) is 12.1. The van der Waals surface area contributed by atoms with E-state index in [-0.39, 0.29) is 16.3 Å². The standard InChI is InChI=1S/C22H28N4O5S2/c1-24-14-16-25(17-15-24)32(28,29)20-11-9-18(10-12-20)23-22(27)21-8-5-13-26(21)33(30,31)19-6-3-2-4-7-19/h2-4,6-7,9-12,21H,5,8,13-17H2,1H3,(H,23,27). The van der Waals surface area contributed by atoms with Gasteiger partial charge in [-0.2, -0.15) is 8.61 Å². The first-order valence-corrected chi connectivity index (χ1v) is 13.7. The Hall–Kier alpha value is -2.31. The zero-order valence-corrected chi connectivity index (χ0v) is 20.1. The lowest BCUT2D eigenvalue weighted by Crippen LogP contribution is -2.47. The van der Waals surface area contributed by atoms with E-state index in [2.05, 4.69) is 10.2 Å². The molecule has 0 aliphatic carbocycles. The van der Waals surface area contributed by atoms with Crippen molar-refractivity contribution < 1.29 is 21.6 Å². The maximum atomic E-state index is 13.0. The van der Waals surface area contributed by atoms with Gasteiger partial charge in [0, 0.05) is 38.4 Å². The lowest BCUT2D eigenvalue weighted by molar-refractivity contribution is -0.119. The van der Waals surface area contributed by atoms with Crippen molar-refractivity contribution in [3.8, 4) is 0 Å². The molecule has 2 aliphatic heterocycles. The van der Waals surface area contributed by atoms with E-state index >= 15 is 0 Å². The molecule has 33 heavy (non-hydrogen) atoms. The summed E-state index contributed by atoms with van der Waals surface area (Å²) >= 11 is 0. The van der Waals surface area contributed by atoms with E-state index in [1.807, 2.05) is 7.05 Å². The van der Waals surface area contributed by atoms with Crippen LogP contribution in [0, 0.1) is 0 Å². The minimum absolute atomic E-state index is 0.156. The number of benzene rings is 2. The van der Waals surface area contributed by atoms with Gasteiger partial charge in [-0.15, -0.1) is 0 Å². The Bertz CT molecular complexity index is 1190. The number of rotatable bonds is 6. The first-order chi connectivity index (χ1) is 15.7. The maximum absolute atomic E-state index is 13.0. The van der Waals surface area contributed by atoms with Crippen LogP contribution in [0.1, 0.15) is 12.8 Å². The molecule has 1 amide bonds. The van der Waals surface area contributed by atoms with Crippen LogP contribution in [0.15, 0.2) is 64.4 Å². The number of hydrogen-bond acceptors (Lipinski definition) is 6. The Morgan fingerprint density at radius 1 is 0.818 bits per heavy atom. The van der Waals surface area contributed by atoms with Crippen molar-refractivity contribution in [1.29, 1.82) is 0 Å². The number of hydrogen-bond donors (Lipinski definition) is 1. The summed E-state index contributed by atoms with van der Waals surface area (Å²) in [6, 6.07) is 13.3. The van der Waals surface area contributed by atoms with Crippen LogP contribution in [-0.4, -0.2) is 82.1 Å². The zero-order valence-electron chi connectivity index (χ0n) is 18.4. The number of likely N-dealkylation sites (N-methyl/N-ethyl adjacent to an activating group) is 1. The van der Waals surface area contributed by atoms with Crippen molar-refractivity contribution in [3.63, 3.8) is 0 Å². The number of carbonyl (C=O) groups excluding carboxylic acids is 1. The minimum Gasteiger partial charge on any atom is -0.325 e. The number of amides is 1. The van der Waals surface area contributed by atoms with Crippen LogP contribution in [0.4, 0.5) is 5.69 Å². The van der Waals surface area contributed by atoms with Gasteiger partial charge < -0.3 is 10.2 Å². The van der Waals surface area contributed by atoms with Gasteiger partial charge in [0.05, 0.1) is 9.79 Å². The highest BCUT2D eigenvalue weighted by molar-refractivity contribution is 7.89. The molecule has 0 aromatic heterocycles. The molecule has 2 aromatic rings. The van der Waals surface area contributed by atoms with Gasteiger partial charge in [-0.05, 0) is 56.3 Å². The molecule has 11 heteroatoms. The molecule has 2 fully saturated rings. The number of nitrogens with one attached hydrogen (secondary N) is 1. The predicted octanol–water partition coefficient (Wildman–Crippen LogP) is 1.41. The molecule has 0 saturated carbocycles. The minimum atomic E-state index is -3.78. The molecular formula is C22H28N4O5S2. The molecule has 2 aliphatic rings. The summed E-state index contributed by atoms with van der Waals surface area (Å²) in [7, 11) is -5.43. The van der Waals surface area contributed by atoms with Gasteiger partial charge >= 0.3 is 0 Å². The molecule has 1 atom stereocenters. The van der Waals surface area contributed by atoms with Crippen LogP contribution in [0.3, 0.4) is 0 Å². The fourth-order valence-corrected chi connectivity index (χ4v) is 7.23. The fourth-order valence-electron chi connectivity index (χ4n) is 4.13. The van der Waals surface area contributed by atoms with Crippen molar-refractivity contribution in [2.75, 3.05) is 45.1 Å². The highest BCUT2D eigenvalue weighted by atomic mass is 32.2. The Kier molecular flexibility index (Phi) is 6.87. The average molecular weight is 493 g/mol. The van der Waals surface area contributed by atoms with Crippen LogP contribution in [-0.2, 0) is 24.8 Å². The molecule has 0 spiro atoms. The third kappa shape index (κ3) is 4.97. The van der Waals surface area contributed by atoms with Crippen LogP contribution in [0.5, 0.6) is 0 Å². The van der Waals surface area contributed by atoms with Crippen molar-refractivity contribution in [1.82, 2.24) is 13.5 Å². The normalized spacial score (nSPS) is 21.2. The van der Waals surface area contributed by atoms with E-state index in [1.54, 1.807) is 18.2 Å². The molecule has 4 rings (SSSR count). The van der Waals surface area contributed by atoms with Gasteiger partial charge in [0.25, 0.3) is 0 Å². The summed E-state index contributed by atoms with van der Waals surface area (Å²) in [4.78, 5) is 15.3. The number of sulfonamides is 2. The van der Waals surface area contributed by atoms with Crippen LogP contribution in [0.2, 0.25) is 0 Å². The van der Waals surface area contributed by atoms with Gasteiger partial charge in [-0.25, -0.2) is 16.8 Å². The van der Waals surface area contributed by atoms with E-state index in [0.29, 0.717) is 44.7 Å². The second kappa shape index (κ2) is 9.51. The maximum Gasteiger partial charge on any atom is 0.243 e. The van der Waals surface area contributed by atoms with Crippen molar-refractivity contribution in [2.45, 2.75) is 28.7 Å². The second-order valence-electron chi connectivity index (χ2n) is 8.31.